The minimum absolute atomic E-state index is 0.303. The van der Waals surface area contributed by atoms with Crippen LogP contribution in [0.5, 0.6) is 0 Å². The van der Waals surface area contributed by atoms with Gasteiger partial charge in [-0.3, -0.25) is 9.36 Å². The first kappa shape index (κ1) is 28.4. The number of rotatable bonds is 7. The Labute approximate surface area is 244 Å². The van der Waals surface area contributed by atoms with E-state index in [1.165, 1.54) is 18.4 Å². The Morgan fingerprint density at radius 2 is 1.80 bits per heavy atom. The Morgan fingerprint density at radius 1 is 1.07 bits per heavy atom. The molecule has 0 amide bonds. The molecule has 0 unspecified atom stereocenters. The number of hydrogen-bond donors (Lipinski definition) is 0. The van der Waals surface area contributed by atoms with Crippen molar-refractivity contribution in [2.24, 2.45) is 4.99 Å². The summed E-state index contributed by atoms with van der Waals surface area (Å²) in [5.74, 6) is -0.0821. The number of furan rings is 1. The van der Waals surface area contributed by atoms with Gasteiger partial charge in [0.25, 0.3) is 5.56 Å². The predicted octanol–water partition coefficient (Wildman–Crippen LogP) is 4.96. The first-order chi connectivity index (χ1) is 19.7. The smallest absolute Gasteiger partial charge is 0.338 e. The number of carbonyl (C=O) groups is 2. The van der Waals surface area contributed by atoms with Gasteiger partial charge in [0.05, 0.1) is 40.6 Å². The second-order valence-electron chi connectivity index (χ2n) is 9.55. The fourth-order valence-electron chi connectivity index (χ4n) is 4.65. The number of benzene rings is 2. The van der Waals surface area contributed by atoms with Crippen LogP contribution >= 0.6 is 23.1 Å². The molecule has 0 saturated carbocycles. The number of ether oxygens (including phenoxy) is 2. The van der Waals surface area contributed by atoms with Crippen LogP contribution < -0.4 is 14.9 Å². The summed E-state index contributed by atoms with van der Waals surface area (Å²) in [5, 5.41) is 0. The SMILES string of the molecule is COC(=O)c1ccccc1-c1ccc(/C=c2\sc3n(c2=O)[C@H](c2ccc(SC)cc2)C(C(=O)OC(C)C)=C(C)N=3)o1. The van der Waals surface area contributed by atoms with E-state index in [4.69, 9.17) is 13.9 Å². The number of nitrogens with zero attached hydrogens (tertiary/aromatic N) is 2. The number of methoxy groups -OCH3 is 1. The van der Waals surface area contributed by atoms with Crippen molar-refractivity contribution in [2.75, 3.05) is 13.4 Å². The number of aromatic nitrogens is 1. The Balaban J connectivity index is 1.62. The monoisotopic (exact) mass is 588 g/mol. The molecule has 3 heterocycles. The highest BCUT2D eigenvalue weighted by Crippen LogP contribution is 2.32. The van der Waals surface area contributed by atoms with Crippen LogP contribution in [0.3, 0.4) is 0 Å². The first-order valence-electron chi connectivity index (χ1n) is 12.9. The standard InChI is InChI=1S/C31H28N2O6S2/c1-17(2)38-30(36)26-18(3)32-31-33(27(26)19-10-13-21(40-5)14-11-19)28(34)25(41-31)16-20-12-15-24(39-20)22-8-6-7-9-23(22)29(35)37-4/h6-17,27H,1-5H3/b25-16-/t27-/m1/s1. The van der Waals surface area contributed by atoms with Gasteiger partial charge in [-0.15, -0.1) is 11.8 Å². The molecule has 1 atom stereocenters. The summed E-state index contributed by atoms with van der Waals surface area (Å²) >= 11 is 2.82. The summed E-state index contributed by atoms with van der Waals surface area (Å²) in [6.07, 6.45) is 3.30. The summed E-state index contributed by atoms with van der Waals surface area (Å²) in [6, 6.07) is 17.5. The highest BCUT2D eigenvalue weighted by Gasteiger charge is 2.33. The normalized spacial score (nSPS) is 15.1. The number of thiazole rings is 1. The van der Waals surface area contributed by atoms with E-state index in [9.17, 15) is 14.4 Å². The lowest BCUT2D eigenvalue weighted by atomic mass is 9.96. The zero-order valence-corrected chi connectivity index (χ0v) is 24.8. The van der Waals surface area contributed by atoms with Crippen LogP contribution in [0.15, 0.2) is 91.0 Å². The van der Waals surface area contributed by atoms with Crippen LogP contribution in [0.1, 0.15) is 48.5 Å². The van der Waals surface area contributed by atoms with E-state index >= 15 is 0 Å². The van der Waals surface area contributed by atoms with Gasteiger partial charge in [-0.05, 0) is 62.9 Å². The summed E-state index contributed by atoms with van der Waals surface area (Å²) in [7, 11) is 1.33. The van der Waals surface area contributed by atoms with Gasteiger partial charge in [-0.25, -0.2) is 14.6 Å². The van der Waals surface area contributed by atoms with Gasteiger partial charge < -0.3 is 13.9 Å². The van der Waals surface area contributed by atoms with Crippen molar-refractivity contribution in [3.63, 3.8) is 0 Å². The van der Waals surface area contributed by atoms with Crippen molar-refractivity contribution in [1.29, 1.82) is 0 Å². The molecule has 1 aliphatic rings. The quantitative estimate of drug-likeness (QED) is 0.222. The summed E-state index contributed by atoms with van der Waals surface area (Å²) in [4.78, 5) is 45.6. The van der Waals surface area contributed by atoms with Crippen molar-refractivity contribution < 1.29 is 23.5 Å². The van der Waals surface area contributed by atoms with E-state index in [0.717, 1.165) is 10.5 Å². The molecular weight excluding hydrogens is 560 g/mol. The van der Waals surface area contributed by atoms with Crippen molar-refractivity contribution in [2.45, 2.75) is 37.8 Å². The van der Waals surface area contributed by atoms with E-state index in [1.54, 1.807) is 79.6 Å². The molecule has 0 radical (unpaired) electrons. The Bertz CT molecular complexity index is 1840. The lowest BCUT2D eigenvalue weighted by molar-refractivity contribution is -0.143. The van der Waals surface area contributed by atoms with Gasteiger partial charge in [0, 0.05) is 16.5 Å². The van der Waals surface area contributed by atoms with Gasteiger partial charge in [0.1, 0.15) is 11.5 Å². The molecular formula is C31H28N2O6S2. The number of allylic oxidation sites excluding steroid dienone is 1. The van der Waals surface area contributed by atoms with E-state index in [-0.39, 0.29) is 11.7 Å². The molecule has 0 N–H and O–H groups in total. The number of esters is 2. The first-order valence-corrected chi connectivity index (χ1v) is 14.9. The van der Waals surface area contributed by atoms with E-state index in [2.05, 4.69) is 4.99 Å². The molecule has 0 bridgehead atoms. The minimum Gasteiger partial charge on any atom is -0.465 e. The number of hydrogen-bond acceptors (Lipinski definition) is 9. The highest BCUT2D eigenvalue weighted by molar-refractivity contribution is 7.98. The Kier molecular flexibility index (Phi) is 8.14. The van der Waals surface area contributed by atoms with Crippen LogP contribution in [0.4, 0.5) is 0 Å². The third kappa shape index (κ3) is 5.57. The molecule has 8 nitrogen and oxygen atoms in total. The van der Waals surface area contributed by atoms with Gasteiger partial charge in [-0.1, -0.05) is 41.7 Å². The molecule has 1 aliphatic heterocycles. The van der Waals surface area contributed by atoms with Crippen LogP contribution in [0, 0.1) is 0 Å². The van der Waals surface area contributed by atoms with Crippen molar-refractivity contribution >= 4 is 41.1 Å². The topological polar surface area (TPSA) is 100 Å². The minimum atomic E-state index is -0.699. The average Bonchev–Trinajstić information content (AvgIpc) is 3.55. The summed E-state index contributed by atoms with van der Waals surface area (Å²) in [5.41, 5.74) is 2.26. The van der Waals surface area contributed by atoms with Crippen LogP contribution in [0.2, 0.25) is 0 Å². The Hall–Kier alpha value is -4.15. The van der Waals surface area contributed by atoms with Crippen molar-refractivity contribution in [3.8, 4) is 11.3 Å². The molecule has 2 aromatic carbocycles. The van der Waals surface area contributed by atoms with E-state index in [0.29, 0.717) is 43.3 Å². The maximum Gasteiger partial charge on any atom is 0.338 e. The molecule has 2 aromatic heterocycles. The number of carbonyl (C=O) groups excluding carboxylic acids is 2. The molecule has 10 heteroatoms. The van der Waals surface area contributed by atoms with Gasteiger partial charge in [0.2, 0.25) is 0 Å². The van der Waals surface area contributed by atoms with Crippen LogP contribution in [0.25, 0.3) is 17.4 Å². The molecule has 0 aliphatic carbocycles. The fourth-order valence-corrected chi connectivity index (χ4v) is 6.09. The molecule has 0 spiro atoms. The van der Waals surface area contributed by atoms with Crippen LogP contribution in [-0.4, -0.2) is 36.0 Å². The molecule has 0 fully saturated rings. The zero-order chi connectivity index (χ0) is 29.3. The van der Waals surface area contributed by atoms with E-state index < -0.39 is 18.0 Å². The van der Waals surface area contributed by atoms with E-state index in [1.807, 2.05) is 30.5 Å². The maximum atomic E-state index is 13.9. The van der Waals surface area contributed by atoms with Gasteiger partial charge in [-0.2, -0.15) is 0 Å². The molecule has 5 rings (SSSR count). The molecule has 41 heavy (non-hydrogen) atoms. The predicted molar refractivity (Wildman–Crippen MR) is 159 cm³/mol. The third-order valence-corrected chi connectivity index (χ3v) is 8.24. The summed E-state index contributed by atoms with van der Waals surface area (Å²) in [6.45, 7) is 5.33. The van der Waals surface area contributed by atoms with Crippen LogP contribution in [-0.2, 0) is 14.3 Å². The third-order valence-electron chi connectivity index (χ3n) is 6.51. The number of thioether (sulfide) groups is 1. The summed E-state index contributed by atoms with van der Waals surface area (Å²) < 4.78 is 18.4. The maximum absolute atomic E-state index is 13.9. The highest BCUT2D eigenvalue weighted by atomic mass is 32.2. The second kappa shape index (κ2) is 11.8. The average molecular weight is 589 g/mol. The lowest BCUT2D eigenvalue weighted by Crippen LogP contribution is -2.40. The largest absolute Gasteiger partial charge is 0.465 e. The van der Waals surface area contributed by atoms with Crippen molar-refractivity contribution in [1.82, 2.24) is 4.57 Å². The molecule has 0 saturated heterocycles. The molecule has 4 aromatic rings. The fraction of sp³-hybridized carbons (Fsp3) is 0.226. The zero-order valence-electron chi connectivity index (χ0n) is 23.2. The van der Waals surface area contributed by atoms with Crippen molar-refractivity contribution in [3.05, 3.63) is 109 Å². The Morgan fingerprint density at radius 3 is 2.49 bits per heavy atom. The van der Waals surface area contributed by atoms with Gasteiger partial charge >= 0.3 is 11.9 Å². The number of fused-ring (bicyclic) bond motifs is 1. The second-order valence-corrected chi connectivity index (χ2v) is 11.4. The van der Waals surface area contributed by atoms with Gasteiger partial charge in [0.15, 0.2) is 4.80 Å². The lowest BCUT2D eigenvalue weighted by Gasteiger charge is -2.25. The molecule has 210 valence electrons.